The molecule has 1 amide bonds. The molecule has 1 aromatic heterocycles. The highest BCUT2D eigenvalue weighted by atomic mass is 16.7. The summed E-state index contributed by atoms with van der Waals surface area (Å²) in [6, 6.07) is 7.82. The molecule has 1 aliphatic heterocycles. The van der Waals surface area contributed by atoms with Crippen molar-refractivity contribution in [3.8, 4) is 28.7 Å². The molecule has 4 rings (SSSR count). The molecule has 0 aliphatic carbocycles. The Hall–Kier alpha value is -4.34. The van der Waals surface area contributed by atoms with Crippen LogP contribution in [0, 0.1) is 0 Å². The highest BCUT2D eigenvalue weighted by Crippen LogP contribution is 2.38. The van der Waals surface area contributed by atoms with Gasteiger partial charge < -0.3 is 59.1 Å². The van der Waals surface area contributed by atoms with Crippen LogP contribution in [0.3, 0.4) is 0 Å². The number of methoxy groups -OCH3 is 2. The van der Waals surface area contributed by atoms with E-state index in [1.807, 2.05) is 0 Å². The zero-order chi connectivity index (χ0) is 35.7. The second-order valence-corrected chi connectivity index (χ2v) is 11.8. The van der Waals surface area contributed by atoms with Gasteiger partial charge >= 0.3 is 0 Å². The van der Waals surface area contributed by atoms with Crippen LogP contribution in [0.4, 0.5) is 5.69 Å². The Morgan fingerprint density at radius 1 is 0.959 bits per heavy atom. The number of benzene rings is 2. The number of fused-ring (bicyclic) bond motifs is 1. The molecule has 0 radical (unpaired) electrons. The van der Waals surface area contributed by atoms with Crippen LogP contribution < -0.4 is 29.8 Å². The summed E-state index contributed by atoms with van der Waals surface area (Å²) in [5.41, 5.74) is 0.659. The fourth-order valence-electron chi connectivity index (χ4n) is 5.51. The summed E-state index contributed by atoms with van der Waals surface area (Å²) in [6.07, 6.45) is 0.976. The highest BCUT2D eigenvalue weighted by molar-refractivity contribution is 6.03. The lowest BCUT2D eigenvalue weighted by molar-refractivity contribution is -0.277. The first kappa shape index (κ1) is 37.5. The summed E-state index contributed by atoms with van der Waals surface area (Å²) < 4.78 is 29.3. The molecule has 14 nitrogen and oxygen atoms in total. The minimum atomic E-state index is -1.72. The summed E-state index contributed by atoms with van der Waals surface area (Å²) in [6.45, 7) is 1.70. The molecule has 3 aromatic rings. The van der Waals surface area contributed by atoms with Crippen molar-refractivity contribution in [2.75, 3.05) is 32.8 Å². The number of hydrogen-bond donors (Lipinski definition) is 6. The standard InChI is InChI=1S/C35H46N2O12/c1-5-6-7-8-9-10-15-47-33-32(49-35-31(43)30(42)29(41)26(19-38)48-35)22-13-12-21(18-23(22)37(2)34(33)44)36-27(39)14-11-20-16-24(45-3)28(40)25(17-20)46-4/h11-14,16-18,26,29-31,35,38,40-43H,5-10,15,19H2,1-4H3,(H,36,39)/b14-11+/t26-,29+,30+,31-,35+/m1/s1. The van der Waals surface area contributed by atoms with Crippen LogP contribution in [-0.2, 0) is 16.6 Å². The maximum absolute atomic E-state index is 13.7. The molecular formula is C35H46N2O12. The van der Waals surface area contributed by atoms with Crippen LogP contribution in [0.1, 0.15) is 51.0 Å². The van der Waals surface area contributed by atoms with E-state index in [2.05, 4.69) is 12.2 Å². The van der Waals surface area contributed by atoms with Crippen molar-refractivity contribution in [3.05, 3.63) is 52.3 Å². The predicted octanol–water partition coefficient (Wildman–Crippen LogP) is 2.83. The third-order valence-corrected chi connectivity index (χ3v) is 8.33. The molecule has 0 unspecified atom stereocenters. The number of anilines is 1. The normalized spacial score (nSPS) is 20.8. The number of aromatic nitrogens is 1. The zero-order valence-corrected chi connectivity index (χ0v) is 28.1. The minimum absolute atomic E-state index is 0.0681. The van der Waals surface area contributed by atoms with Gasteiger partial charge in [0.1, 0.15) is 24.4 Å². The van der Waals surface area contributed by atoms with Gasteiger partial charge in [0.25, 0.3) is 5.56 Å². The van der Waals surface area contributed by atoms with E-state index in [0.29, 0.717) is 28.6 Å². The Morgan fingerprint density at radius 2 is 1.63 bits per heavy atom. The van der Waals surface area contributed by atoms with Crippen LogP contribution in [-0.4, -0.2) is 94.1 Å². The first-order chi connectivity index (χ1) is 23.5. The Kier molecular flexibility index (Phi) is 13.3. The number of unbranched alkanes of at least 4 members (excludes halogenated alkanes) is 5. The second kappa shape index (κ2) is 17.4. The number of aromatic hydroxyl groups is 1. The Labute approximate surface area is 284 Å². The number of rotatable bonds is 16. The number of ether oxygens (including phenoxy) is 5. The van der Waals surface area contributed by atoms with Crippen LogP contribution in [0.25, 0.3) is 17.0 Å². The van der Waals surface area contributed by atoms with Gasteiger partial charge in [-0.2, -0.15) is 0 Å². The number of hydrogen-bond acceptors (Lipinski definition) is 12. The molecule has 2 aromatic carbocycles. The first-order valence-corrected chi connectivity index (χ1v) is 16.2. The van der Waals surface area contributed by atoms with Gasteiger partial charge in [-0.3, -0.25) is 9.59 Å². The SMILES string of the molecule is CCCCCCCCOc1c(O[C@@H]2O[C@H](CO)[C@H](O)[C@H](O)[C@H]2O)c2ccc(NC(=O)/C=C/c3cc(OC)c(O)c(OC)c3)cc2n(C)c1=O. The van der Waals surface area contributed by atoms with Gasteiger partial charge in [-0.25, -0.2) is 0 Å². The molecule has 6 N–H and O–H groups in total. The van der Waals surface area contributed by atoms with Gasteiger partial charge in [0.15, 0.2) is 17.2 Å². The summed E-state index contributed by atoms with van der Waals surface area (Å²) >= 11 is 0. The third-order valence-electron chi connectivity index (χ3n) is 8.33. The van der Waals surface area contributed by atoms with Gasteiger partial charge in [-0.05, 0) is 48.4 Å². The molecule has 0 saturated carbocycles. The van der Waals surface area contributed by atoms with Crippen molar-refractivity contribution in [2.24, 2.45) is 7.05 Å². The van der Waals surface area contributed by atoms with Crippen LogP contribution in [0.2, 0.25) is 0 Å². The van der Waals surface area contributed by atoms with E-state index >= 15 is 0 Å². The van der Waals surface area contributed by atoms with Gasteiger partial charge in [0.05, 0.1) is 33.0 Å². The molecule has 49 heavy (non-hydrogen) atoms. The molecule has 1 aliphatic rings. The zero-order valence-electron chi connectivity index (χ0n) is 28.1. The number of nitrogens with one attached hydrogen (secondary N) is 1. The smallest absolute Gasteiger partial charge is 0.297 e. The monoisotopic (exact) mass is 686 g/mol. The topological polar surface area (TPSA) is 198 Å². The molecule has 5 atom stereocenters. The maximum atomic E-state index is 13.7. The van der Waals surface area contributed by atoms with Crippen molar-refractivity contribution in [1.82, 2.24) is 4.57 Å². The molecule has 1 fully saturated rings. The lowest BCUT2D eigenvalue weighted by Gasteiger charge is -2.39. The van der Waals surface area contributed by atoms with Crippen LogP contribution in [0.5, 0.6) is 28.7 Å². The number of aryl methyl sites for hydroxylation is 1. The quantitative estimate of drug-likeness (QED) is 0.0953. The van der Waals surface area contributed by atoms with Crippen molar-refractivity contribution in [2.45, 2.75) is 76.2 Å². The summed E-state index contributed by atoms with van der Waals surface area (Å²) in [7, 11) is 4.33. The number of amides is 1. The Balaban J connectivity index is 1.64. The van der Waals surface area contributed by atoms with Crippen LogP contribution >= 0.6 is 0 Å². The number of aliphatic hydroxyl groups is 4. The van der Waals surface area contributed by atoms with Crippen LogP contribution in [0.15, 0.2) is 41.2 Å². The lowest BCUT2D eigenvalue weighted by Crippen LogP contribution is -2.60. The largest absolute Gasteiger partial charge is 0.502 e. The molecule has 0 bridgehead atoms. The Bertz CT molecular complexity index is 1650. The first-order valence-electron chi connectivity index (χ1n) is 16.2. The number of aliphatic hydroxyl groups excluding tert-OH is 4. The molecule has 0 spiro atoms. The Morgan fingerprint density at radius 3 is 2.29 bits per heavy atom. The average Bonchev–Trinajstić information content (AvgIpc) is 3.10. The van der Waals surface area contributed by atoms with E-state index < -0.39 is 48.8 Å². The number of pyridine rings is 1. The number of carbonyl (C=O) groups is 1. The molecule has 14 heteroatoms. The highest BCUT2D eigenvalue weighted by Gasteiger charge is 2.45. The van der Waals surface area contributed by atoms with Gasteiger partial charge in [0, 0.05) is 24.2 Å². The van der Waals surface area contributed by atoms with Crippen molar-refractivity contribution in [1.29, 1.82) is 0 Å². The van der Waals surface area contributed by atoms with Crippen molar-refractivity contribution in [3.63, 3.8) is 0 Å². The van der Waals surface area contributed by atoms with Gasteiger partial charge in [-0.15, -0.1) is 0 Å². The lowest BCUT2D eigenvalue weighted by atomic mass is 9.99. The fourth-order valence-corrected chi connectivity index (χ4v) is 5.51. The van der Waals surface area contributed by atoms with E-state index in [-0.39, 0.29) is 35.4 Å². The minimum Gasteiger partial charge on any atom is -0.502 e. The summed E-state index contributed by atoms with van der Waals surface area (Å²) in [5, 5.41) is 54.2. The van der Waals surface area contributed by atoms with Crippen molar-refractivity contribution >= 4 is 28.6 Å². The van der Waals surface area contributed by atoms with E-state index in [4.69, 9.17) is 23.7 Å². The maximum Gasteiger partial charge on any atom is 0.297 e. The van der Waals surface area contributed by atoms with Crippen molar-refractivity contribution < 1.29 is 54.0 Å². The number of phenols is 1. The second-order valence-electron chi connectivity index (χ2n) is 11.8. The molecule has 268 valence electrons. The summed E-state index contributed by atoms with van der Waals surface area (Å²) in [4.78, 5) is 26.6. The number of carbonyl (C=O) groups excluding carboxylic acids is 1. The fraction of sp³-hybridized carbons (Fsp3) is 0.486. The van der Waals surface area contributed by atoms with E-state index in [1.165, 1.54) is 50.1 Å². The molecule has 2 heterocycles. The predicted molar refractivity (Wildman–Crippen MR) is 181 cm³/mol. The molecule has 1 saturated heterocycles. The molecular weight excluding hydrogens is 640 g/mol. The summed E-state index contributed by atoms with van der Waals surface area (Å²) in [5.74, 6) is -0.522. The van der Waals surface area contributed by atoms with E-state index in [0.717, 1.165) is 32.1 Å². The number of nitrogens with zero attached hydrogens (tertiary/aromatic N) is 1. The van der Waals surface area contributed by atoms with E-state index in [9.17, 15) is 35.1 Å². The van der Waals surface area contributed by atoms with Gasteiger partial charge in [0.2, 0.25) is 23.7 Å². The number of phenolic OH excluding ortho intramolecular Hbond substituents is 1. The average molecular weight is 687 g/mol. The third kappa shape index (κ3) is 8.83. The van der Waals surface area contributed by atoms with E-state index in [1.54, 1.807) is 18.2 Å². The van der Waals surface area contributed by atoms with Gasteiger partial charge in [-0.1, -0.05) is 39.0 Å².